The lowest BCUT2D eigenvalue weighted by atomic mass is 10.0. The molecule has 0 bridgehead atoms. The van der Waals surface area contributed by atoms with Gasteiger partial charge in [-0.25, -0.2) is 8.78 Å². The maximum atomic E-state index is 13.1. The molecule has 0 unspecified atom stereocenters. The van der Waals surface area contributed by atoms with E-state index in [1.165, 1.54) is 18.4 Å². The van der Waals surface area contributed by atoms with E-state index in [1.807, 2.05) is 24.3 Å². The van der Waals surface area contributed by atoms with Crippen LogP contribution in [0.2, 0.25) is 0 Å². The minimum atomic E-state index is -0.170. The highest BCUT2D eigenvalue weighted by molar-refractivity contribution is 5.85. The molecule has 0 amide bonds. The lowest BCUT2D eigenvalue weighted by Gasteiger charge is -2.43. The second-order valence-corrected chi connectivity index (χ2v) is 7.95. The monoisotopic (exact) mass is 421 g/mol. The number of anilines is 1. The van der Waals surface area contributed by atoms with Crippen LogP contribution < -0.4 is 4.90 Å². The molecule has 0 spiro atoms. The number of halogens is 3. The minimum absolute atomic E-state index is 0. The van der Waals surface area contributed by atoms with Crippen molar-refractivity contribution >= 4 is 18.1 Å². The van der Waals surface area contributed by atoms with Gasteiger partial charge in [0.2, 0.25) is 0 Å². The fourth-order valence-electron chi connectivity index (χ4n) is 4.43. The molecule has 158 valence electrons. The van der Waals surface area contributed by atoms with Gasteiger partial charge in [-0.3, -0.25) is 4.90 Å². The summed E-state index contributed by atoms with van der Waals surface area (Å²) in [6.07, 6.45) is 3.33. The third-order valence-corrected chi connectivity index (χ3v) is 6.21. The van der Waals surface area contributed by atoms with Crippen LogP contribution in [-0.2, 0) is 6.42 Å². The molecule has 29 heavy (non-hydrogen) atoms. The number of hydrogen-bond donors (Lipinski definition) is 0. The summed E-state index contributed by atoms with van der Waals surface area (Å²) in [6.45, 7) is 7.61. The zero-order chi connectivity index (χ0) is 19.3. The van der Waals surface area contributed by atoms with Crippen LogP contribution in [0, 0.1) is 11.6 Å². The van der Waals surface area contributed by atoms with Crippen molar-refractivity contribution in [3.63, 3.8) is 0 Å². The lowest BCUT2D eigenvalue weighted by Crippen LogP contribution is -2.53. The number of rotatable bonds is 5. The van der Waals surface area contributed by atoms with Crippen molar-refractivity contribution in [2.24, 2.45) is 0 Å². The highest BCUT2D eigenvalue weighted by Crippen LogP contribution is 2.23. The average Bonchev–Trinajstić information content (AvgIpc) is 2.74. The van der Waals surface area contributed by atoms with E-state index in [4.69, 9.17) is 0 Å². The normalized spacial score (nSPS) is 19.2. The van der Waals surface area contributed by atoms with Gasteiger partial charge in [0.15, 0.2) is 0 Å². The van der Waals surface area contributed by atoms with Crippen molar-refractivity contribution in [1.29, 1.82) is 0 Å². The zero-order valence-electron chi connectivity index (χ0n) is 16.8. The third-order valence-electron chi connectivity index (χ3n) is 6.21. The quantitative estimate of drug-likeness (QED) is 0.715. The third kappa shape index (κ3) is 5.91. The Balaban J connectivity index is 0.00000240. The first-order valence-electron chi connectivity index (χ1n) is 10.4. The van der Waals surface area contributed by atoms with Crippen LogP contribution in [0.5, 0.6) is 0 Å². The highest BCUT2D eigenvalue weighted by Gasteiger charge is 2.27. The fourth-order valence-corrected chi connectivity index (χ4v) is 4.43. The summed E-state index contributed by atoms with van der Waals surface area (Å²) < 4.78 is 26.1. The van der Waals surface area contributed by atoms with Crippen molar-refractivity contribution in [3.8, 4) is 0 Å². The van der Waals surface area contributed by atoms with Gasteiger partial charge in [-0.1, -0.05) is 12.1 Å². The number of piperidine rings is 1. The Morgan fingerprint density at radius 1 is 0.724 bits per heavy atom. The summed E-state index contributed by atoms with van der Waals surface area (Å²) in [7, 11) is 0. The second kappa shape index (κ2) is 10.4. The van der Waals surface area contributed by atoms with Gasteiger partial charge in [0.1, 0.15) is 11.6 Å². The predicted molar refractivity (Wildman–Crippen MR) is 117 cm³/mol. The first-order valence-corrected chi connectivity index (χ1v) is 10.4. The summed E-state index contributed by atoms with van der Waals surface area (Å²) in [5.41, 5.74) is 2.34. The van der Waals surface area contributed by atoms with E-state index in [2.05, 4.69) is 14.7 Å². The van der Waals surface area contributed by atoms with Crippen LogP contribution in [0.15, 0.2) is 48.5 Å². The molecule has 0 aliphatic carbocycles. The van der Waals surface area contributed by atoms with E-state index in [1.54, 1.807) is 24.3 Å². The van der Waals surface area contributed by atoms with E-state index >= 15 is 0 Å². The van der Waals surface area contributed by atoms with Crippen LogP contribution in [-0.4, -0.2) is 61.7 Å². The van der Waals surface area contributed by atoms with Gasteiger partial charge < -0.3 is 9.80 Å². The molecule has 2 heterocycles. The Morgan fingerprint density at radius 2 is 1.28 bits per heavy atom. The summed E-state index contributed by atoms with van der Waals surface area (Å²) in [5.74, 6) is -0.334. The molecule has 0 atom stereocenters. The Hall–Kier alpha value is -1.69. The number of benzene rings is 2. The molecule has 6 heteroatoms. The highest BCUT2D eigenvalue weighted by atomic mass is 35.5. The molecule has 0 aromatic heterocycles. The van der Waals surface area contributed by atoms with Crippen molar-refractivity contribution in [2.45, 2.75) is 25.3 Å². The number of piperazine rings is 1. The van der Waals surface area contributed by atoms with Crippen LogP contribution >= 0.6 is 12.4 Å². The second-order valence-electron chi connectivity index (χ2n) is 7.95. The smallest absolute Gasteiger partial charge is 0.123 e. The molecule has 4 rings (SSSR count). The molecule has 3 nitrogen and oxygen atoms in total. The first-order chi connectivity index (χ1) is 13.7. The molecule has 2 saturated heterocycles. The Bertz CT molecular complexity index is 738. The summed E-state index contributed by atoms with van der Waals surface area (Å²) >= 11 is 0. The van der Waals surface area contributed by atoms with E-state index in [9.17, 15) is 8.78 Å². The molecule has 2 aliphatic rings. The summed E-state index contributed by atoms with van der Waals surface area (Å²) in [6, 6.07) is 14.4. The molecule has 2 aliphatic heterocycles. The van der Waals surface area contributed by atoms with Gasteiger partial charge in [-0.2, -0.15) is 0 Å². The molecule has 0 saturated carbocycles. The zero-order valence-corrected chi connectivity index (χ0v) is 17.6. The average molecular weight is 422 g/mol. The Kier molecular flexibility index (Phi) is 7.87. The van der Waals surface area contributed by atoms with E-state index in [0.717, 1.165) is 57.9 Å². The van der Waals surface area contributed by atoms with Crippen LogP contribution in [0.25, 0.3) is 0 Å². The van der Waals surface area contributed by atoms with Gasteiger partial charge in [-0.05, 0) is 61.2 Å². The van der Waals surface area contributed by atoms with Crippen molar-refractivity contribution < 1.29 is 8.78 Å². The summed E-state index contributed by atoms with van der Waals surface area (Å²) in [4.78, 5) is 7.54. The lowest BCUT2D eigenvalue weighted by molar-refractivity contribution is 0.0855. The molecular formula is C23H30ClF2N3. The standard InChI is InChI=1S/C23H29F2N3.ClH/c24-20-3-1-19(2-4-20)9-12-26-15-17-28(18-16-26)23-10-13-27(14-11-23)22-7-5-21(25)6-8-22;/h1-8,23H,9-18H2;1H. The van der Waals surface area contributed by atoms with Crippen LogP contribution in [0.4, 0.5) is 14.5 Å². The minimum Gasteiger partial charge on any atom is -0.371 e. The Labute approximate surface area is 178 Å². The first kappa shape index (κ1) is 22.0. The Morgan fingerprint density at radius 3 is 1.86 bits per heavy atom. The van der Waals surface area contributed by atoms with Gasteiger partial charge >= 0.3 is 0 Å². The molecule has 2 fully saturated rings. The van der Waals surface area contributed by atoms with Crippen LogP contribution in [0.3, 0.4) is 0 Å². The maximum absolute atomic E-state index is 13.1. The van der Waals surface area contributed by atoms with Crippen LogP contribution in [0.1, 0.15) is 18.4 Å². The van der Waals surface area contributed by atoms with E-state index in [-0.39, 0.29) is 24.0 Å². The van der Waals surface area contributed by atoms with Gasteiger partial charge in [0.05, 0.1) is 0 Å². The fraction of sp³-hybridized carbons (Fsp3) is 0.478. The van der Waals surface area contributed by atoms with E-state index in [0.29, 0.717) is 6.04 Å². The van der Waals surface area contributed by atoms with Crippen molar-refractivity contribution in [3.05, 3.63) is 65.7 Å². The molecule has 2 aromatic rings. The van der Waals surface area contributed by atoms with Crippen molar-refractivity contribution in [1.82, 2.24) is 9.80 Å². The predicted octanol–water partition coefficient (Wildman–Crippen LogP) is 4.22. The number of nitrogens with zero attached hydrogens (tertiary/aromatic N) is 3. The number of hydrogen-bond acceptors (Lipinski definition) is 3. The largest absolute Gasteiger partial charge is 0.371 e. The van der Waals surface area contributed by atoms with Gasteiger partial charge in [-0.15, -0.1) is 12.4 Å². The molecular weight excluding hydrogens is 392 g/mol. The SMILES string of the molecule is Cl.Fc1ccc(CCN2CCN(C3CCN(c4ccc(F)cc4)CC3)CC2)cc1. The van der Waals surface area contributed by atoms with Gasteiger partial charge in [0.25, 0.3) is 0 Å². The van der Waals surface area contributed by atoms with Gasteiger partial charge in [0, 0.05) is 57.5 Å². The van der Waals surface area contributed by atoms with Crippen molar-refractivity contribution in [2.75, 3.05) is 50.7 Å². The maximum Gasteiger partial charge on any atom is 0.123 e. The van der Waals surface area contributed by atoms with E-state index < -0.39 is 0 Å². The summed E-state index contributed by atoms with van der Waals surface area (Å²) in [5, 5.41) is 0. The molecule has 2 aromatic carbocycles. The molecule has 0 radical (unpaired) electrons. The molecule has 0 N–H and O–H groups in total. The topological polar surface area (TPSA) is 9.72 Å².